The molecule has 0 saturated heterocycles. The number of halogens is 1. The minimum absolute atomic E-state index is 0.138. The number of carbonyl (C=O) groups is 2. The van der Waals surface area contributed by atoms with Crippen LogP contribution < -0.4 is 5.32 Å². The van der Waals surface area contributed by atoms with Gasteiger partial charge >= 0.3 is 5.97 Å². The molecule has 144 valence electrons. The number of hydrogen-bond acceptors (Lipinski definition) is 4. The molecule has 0 fully saturated rings. The van der Waals surface area contributed by atoms with Gasteiger partial charge in [0.25, 0.3) is 5.91 Å². The first-order valence-electron chi connectivity index (χ1n) is 8.87. The van der Waals surface area contributed by atoms with Crippen molar-refractivity contribution in [3.8, 4) is 5.69 Å². The Labute approximate surface area is 162 Å². The molecule has 0 aliphatic heterocycles. The van der Waals surface area contributed by atoms with E-state index in [1.807, 2.05) is 19.1 Å². The van der Waals surface area contributed by atoms with Gasteiger partial charge < -0.3 is 10.1 Å². The van der Waals surface area contributed by atoms with Crippen LogP contribution in [0.2, 0.25) is 0 Å². The molecule has 0 radical (unpaired) electrons. The predicted octanol–water partition coefficient (Wildman–Crippen LogP) is 3.76. The highest BCUT2D eigenvalue weighted by Crippen LogP contribution is 2.15. The van der Waals surface area contributed by atoms with Gasteiger partial charge in [-0.2, -0.15) is 0 Å². The third-order valence-electron chi connectivity index (χ3n) is 4.24. The van der Waals surface area contributed by atoms with Gasteiger partial charge in [-0.25, -0.2) is 14.2 Å². The molecule has 0 bridgehead atoms. The van der Waals surface area contributed by atoms with Crippen molar-refractivity contribution >= 4 is 17.6 Å². The molecule has 0 aliphatic carbocycles. The van der Waals surface area contributed by atoms with Crippen LogP contribution in [0.5, 0.6) is 0 Å². The second kappa shape index (κ2) is 8.47. The zero-order valence-electron chi connectivity index (χ0n) is 15.6. The third kappa shape index (κ3) is 4.43. The number of hydrogen-bond donors (Lipinski definition) is 1. The van der Waals surface area contributed by atoms with Crippen LogP contribution in [-0.2, 0) is 16.0 Å². The van der Waals surface area contributed by atoms with E-state index >= 15 is 0 Å². The van der Waals surface area contributed by atoms with Crippen molar-refractivity contribution in [1.29, 1.82) is 0 Å². The van der Waals surface area contributed by atoms with Crippen LogP contribution in [0.25, 0.3) is 5.69 Å². The number of aryl methyl sites for hydroxylation is 1. The van der Waals surface area contributed by atoms with Gasteiger partial charge in [-0.05, 0) is 55.3 Å². The molecule has 1 amide bonds. The van der Waals surface area contributed by atoms with Crippen LogP contribution in [0.4, 0.5) is 10.1 Å². The van der Waals surface area contributed by atoms with Gasteiger partial charge in [0.15, 0.2) is 11.8 Å². The number of amides is 1. The van der Waals surface area contributed by atoms with Crippen molar-refractivity contribution in [3.63, 3.8) is 0 Å². The number of anilines is 1. The van der Waals surface area contributed by atoms with E-state index in [-0.39, 0.29) is 11.5 Å². The first kappa shape index (κ1) is 19.3. The summed E-state index contributed by atoms with van der Waals surface area (Å²) in [5.41, 5.74) is 2.48. The predicted molar refractivity (Wildman–Crippen MR) is 103 cm³/mol. The number of nitrogens with one attached hydrogen (secondary N) is 1. The summed E-state index contributed by atoms with van der Waals surface area (Å²) in [7, 11) is 0. The minimum Gasteiger partial charge on any atom is -0.448 e. The Hall–Kier alpha value is -3.48. The fourth-order valence-corrected chi connectivity index (χ4v) is 2.60. The molecule has 1 N–H and O–H groups in total. The maximum absolute atomic E-state index is 13.1. The molecule has 1 unspecified atom stereocenters. The molecule has 3 aromatic rings. The Balaban J connectivity index is 1.66. The van der Waals surface area contributed by atoms with Gasteiger partial charge in [0.1, 0.15) is 5.82 Å². The first-order valence-corrected chi connectivity index (χ1v) is 8.87. The van der Waals surface area contributed by atoms with Crippen molar-refractivity contribution in [1.82, 2.24) is 9.55 Å². The zero-order valence-corrected chi connectivity index (χ0v) is 15.6. The molecule has 0 aliphatic rings. The van der Waals surface area contributed by atoms with Gasteiger partial charge in [0.2, 0.25) is 0 Å². The van der Waals surface area contributed by atoms with Gasteiger partial charge in [0.05, 0.1) is 12.5 Å². The molecule has 28 heavy (non-hydrogen) atoms. The number of ether oxygens (including phenoxy) is 1. The molecule has 1 heterocycles. The zero-order chi connectivity index (χ0) is 20.1. The van der Waals surface area contributed by atoms with Gasteiger partial charge in [-0.15, -0.1) is 0 Å². The second-order valence-corrected chi connectivity index (χ2v) is 6.21. The van der Waals surface area contributed by atoms with Crippen molar-refractivity contribution in [2.45, 2.75) is 26.4 Å². The molecule has 0 saturated carbocycles. The van der Waals surface area contributed by atoms with Crippen LogP contribution in [0, 0.1) is 5.82 Å². The minimum atomic E-state index is -1.00. The Morgan fingerprint density at radius 1 is 1.14 bits per heavy atom. The lowest BCUT2D eigenvalue weighted by molar-refractivity contribution is -0.123. The number of carbonyl (C=O) groups excluding carboxylic acids is 2. The van der Waals surface area contributed by atoms with Crippen LogP contribution in [0.1, 0.15) is 29.9 Å². The quantitative estimate of drug-likeness (QED) is 0.660. The van der Waals surface area contributed by atoms with Crippen LogP contribution in [0.15, 0.2) is 61.1 Å². The molecule has 1 aromatic heterocycles. The van der Waals surface area contributed by atoms with Crippen molar-refractivity contribution in [2.24, 2.45) is 0 Å². The highest BCUT2D eigenvalue weighted by atomic mass is 19.1. The number of aromatic nitrogens is 2. The average Bonchev–Trinajstić information content (AvgIpc) is 3.19. The van der Waals surface area contributed by atoms with E-state index < -0.39 is 18.0 Å². The number of rotatable bonds is 6. The Kier molecular flexibility index (Phi) is 5.84. The summed E-state index contributed by atoms with van der Waals surface area (Å²) in [6.45, 7) is 3.54. The van der Waals surface area contributed by atoms with Crippen molar-refractivity contribution < 1.29 is 18.7 Å². The largest absolute Gasteiger partial charge is 0.448 e. The van der Waals surface area contributed by atoms with Crippen molar-refractivity contribution in [2.75, 3.05) is 5.32 Å². The number of benzene rings is 2. The average molecular weight is 381 g/mol. The monoisotopic (exact) mass is 381 g/mol. The van der Waals surface area contributed by atoms with E-state index in [1.165, 1.54) is 48.3 Å². The molecule has 6 nitrogen and oxygen atoms in total. The first-order chi connectivity index (χ1) is 13.5. The topological polar surface area (TPSA) is 73.2 Å². The summed E-state index contributed by atoms with van der Waals surface area (Å²) in [6.07, 6.45) is 2.66. The van der Waals surface area contributed by atoms with E-state index in [4.69, 9.17) is 4.74 Å². The SMILES string of the molecule is CCc1ccc(NC(=O)C(C)OC(=O)c2cncn2-c2ccc(F)cc2)cc1. The summed E-state index contributed by atoms with van der Waals surface area (Å²) in [4.78, 5) is 28.7. The van der Waals surface area contributed by atoms with Crippen LogP contribution in [0.3, 0.4) is 0 Å². The third-order valence-corrected chi connectivity index (χ3v) is 4.24. The summed E-state index contributed by atoms with van der Waals surface area (Å²) in [6, 6.07) is 13.0. The van der Waals surface area contributed by atoms with E-state index in [9.17, 15) is 14.0 Å². The molecular weight excluding hydrogens is 361 g/mol. The molecule has 2 aromatic carbocycles. The molecular formula is C21H20FN3O3. The number of esters is 1. The lowest BCUT2D eigenvalue weighted by atomic mass is 10.1. The maximum Gasteiger partial charge on any atom is 0.357 e. The Morgan fingerprint density at radius 3 is 2.46 bits per heavy atom. The lowest BCUT2D eigenvalue weighted by Crippen LogP contribution is -2.30. The lowest BCUT2D eigenvalue weighted by Gasteiger charge is -2.14. The van der Waals surface area contributed by atoms with E-state index in [0.717, 1.165) is 12.0 Å². The van der Waals surface area contributed by atoms with Gasteiger partial charge in [0, 0.05) is 11.4 Å². The van der Waals surface area contributed by atoms with E-state index in [2.05, 4.69) is 10.3 Å². The molecule has 3 rings (SSSR count). The fourth-order valence-electron chi connectivity index (χ4n) is 2.60. The standard InChI is InChI=1S/C21H20FN3O3/c1-3-15-4-8-17(9-5-15)24-20(26)14(2)28-21(27)19-12-23-13-25(19)18-10-6-16(22)7-11-18/h4-14H,3H2,1-2H3,(H,24,26). The highest BCUT2D eigenvalue weighted by molar-refractivity contribution is 5.97. The second-order valence-electron chi connectivity index (χ2n) is 6.21. The number of nitrogens with zero attached hydrogens (tertiary/aromatic N) is 2. The van der Waals surface area contributed by atoms with Crippen molar-refractivity contribution in [3.05, 3.63) is 78.1 Å². The Bertz CT molecular complexity index is 965. The van der Waals surface area contributed by atoms with E-state index in [0.29, 0.717) is 11.4 Å². The van der Waals surface area contributed by atoms with Crippen LogP contribution >= 0.6 is 0 Å². The van der Waals surface area contributed by atoms with Gasteiger partial charge in [-0.1, -0.05) is 19.1 Å². The summed E-state index contributed by atoms with van der Waals surface area (Å²) in [5, 5.41) is 2.72. The highest BCUT2D eigenvalue weighted by Gasteiger charge is 2.22. The fraction of sp³-hybridized carbons (Fsp3) is 0.190. The van der Waals surface area contributed by atoms with Crippen LogP contribution in [-0.4, -0.2) is 27.5 Å². The summed E-state index contributed by atoms with van der Waals surface area (Å²) in [5.74, 6) is -1.53. The summed E-state index contributed by atoms with van der Waals surface area (Å²) >= 11 is 0. The molecule has 0 spiro atoms. The maximum atomic E-state index is 13.1. The molecule has 7 heteroatoms. The van der Waals surface area contributed by atoms with Gasteiger partial charge in [-0.3, -0.25) is 9.36 Å². The summed E-state index contributed by atoms with van der Waals surface area (Å²) < 4.78 is 19.9. The number of imidazole rings is 1. The smallest absolute Gasteiger partial charge is 0.357 e. The Morgan fingerprint density at radius 2 is 1.82 bits per heavy atom. The molecule has 1 atom stereocenters. The van der Waals surface area contributed by atoms with E-state index in [1.54, 1.807) is 12.1 Å². The normalized spacial score (nSPS) is 11.7.